The van der Waals surface area contributed by atoms with E-state index in [4.69, 9.17) is 4.98 Å². The van der Waals surface area contributed by atoms with E-state index in [2.05, 4.69) is 60.5 Å². The number of aromatic nitrogens is 1. The monoisotopic (exact) mass is 482 g/mol. The van der Waals surface area contributed by atoms with Crippen LogP contribution in [0.4, 0.5) is 0 Å². The Kier molecular flexibility index (Phi) is 9.37. The second-order valence-electron chi connectivity index (χ2n) is 7.03. The fourth-order valence-corrected chi connectivity index (χ4v) is 4.85. The van der Waals surface area contributed by atoms with Gasteiger partial charge in [-0.1, -0.05) is 27.7 Å². The van der Waals surface area contributed by atoms with Crippen LogP contribution in [0.15, 0.2) is 10.4 Å². The summed E-state index contributed by atoms with van der Waals surface area (Å²) < 4.78 is 0. The zero-order valence-corrected chi connectivity index (χ0v) is 19.4. The fraction of sp³-hybridized carbons (Fsp3) is 0.765. The number of nitrogens with one attached hydrogen (secondary N) is 2. The minimum absolute atomic E-state index is 0. The van der Waals surface area contributed by atoms with Crippen molar-refractivity contribution in [1.29, 1.82) is 0 Å². The van der Waals surface area contributed by atoms with Crippen LogP contribution >= 0.6 is 47.1 Å². The molecule has 1 aliphatic carbocycles. The van der Waals surface area contributed by atoms with Crippen molar-refractivity contribution in [1.82, 2.24) is 15.6 Å². The van der Waals surface area contributed by atoms with Gasteiger partial charge in [0.25, 0.3) is 0 Å². The number of thioether (sulfide) groups is 1. The fourth-order valence-electron chi connectivity index (χ4n) is 2.74. The first kappa shape index (κ1) is 22.0. The highest BCUT2D eigenvalue weighted by Crippen LogP contribution is 2.29. The van der Waals surface area contributed by atoms with Gasteiger partial charge in [-0.3, -0.25) is 4.99 Å². The Hall–Kier alpha value is -0.0200. The third-order valence-electron chi connectivity index (χ3n) is 4.08. The summed E-state index contributed by atoms with van der Waals surface area (Å²) >= 11 is 3.80. The largest absolute Gasteiger partial charge is 0.354 e. The van der Waals surface area contributed by atoms with Gasteiger partial charge < -0.3 is 10.6 Å². The van der Waals surface area contributed by atoms with Crippen molar-refractivity contribution in [3.05, 3.63) is 16.1 Å². The molecule has 7 heteroatoms. The van der Waals surface area contributed by atoms with E-state index in [1.54, 1.807) is 11.3 Å². The van der Waals surface area contributed by atoms with E-state index in [1.165, 1.54) is 25.0 Å². The van der Waals surface area contributed by atoms with Gasteiger partial charge in [0.2, 0.25) is 0 Å². The van der Waals surface area contributed by atoms with Crippen LogP contribution in [-0.2, 0) is 12.0 Å². The van der Waals surface area contributed by atoms with Crippen LogP contribution in [0.1, 0.15) is 57.7 Å². The second-order valence-corrected chi connectivity index (χ2v) is 9.55. The van der Waals surface area contributed by atoms with Gasteiger partial charge in [0.15, 0.2) is 5.96 Å². The summed E-state index contributed by atoms with van der Waals surface area (Å²) in [5.41, 5.74) is 1.28. The molecule has 0 aliphatic heterocycles. The molecule has 0 spiro atoms. The highest BCUT2D eigenvalue weighted by Gasteiger charge is 2.25. The summed E-state index contributed by atoms with van der Waals surface area (Å²) in [6.07, 6.45) is 3.79. The molecule has 0 aromatic carbocycles. The standard InChI is InChI=1S/C17H30N4S2.HI/c1-6-22-13-8-7-12(9-13)20-16(18-5)19-10-15-21-14(11-23-15)17(2,3)4;/h11-13H,6-10H2,1-5H3,(H2,18,19,20);1H. The van der Waals surface area contributed by atoms with E-state index < -0.39 is 0 Å². The Morgan fingerprint density at radius 1 is 1.42 bits per heavy atom. The minimum Gasteiger partial charge on any atom is -0.354 e. The number of aliphatic imine (C=N–C) groups is 1. The van der Waals surface area contributed by atoms with Crippen molar-refractivity contribution in [2.24, 2.45) is 4.99 Å². The number of hydrogen-bond acceptors (Lipinski definition) is 4. The molecule has 138 valence electrons. The average molecular weight is 483 g/mol. The van der Waals surface area contributed by atoms with Gasteiger partial charge in [-0.2, -0.15) is 11.8 Å². The van der Waals surface area contributed by atoms with Gasteiger partial charge >= 0.3 is 0 Å². The lowest BCUT2D eigenvalue weighted by Crippen LogP contribution is -2.42. The predicted molar refractivity (Wildman–Crippen MR) is 119 cm³/mol. The van der Waals surface area contributed by atoms with Gasteiger partial charge in [0, 0.05) is 29.1 Å². The third kappa shape index (κ3) is 6.71. The van der Waals surface area contributed by atoms with Crippen LogP contribution in [0.2, 0.25) is 0 Å². The molecule has 1 saturated carbocycles. The summed E-state index contributed by atoms with van der Waals surface area (Å²) in [6.45, 7) is 9.58. The van der Waals surface area contributed by atoms with Gasteiger partial charge in [0.05, 0.1) is 12.2 Å². The molecule has 1 aromatic heterocycles. The molecule has 2 atom stereocenters. The van der Waals surface area contributed by atoms with E-state index in [1.807, 2.05) is 7.05 Å². The number of halogens is 1. The van der Waals surface area contributed by atoms with E-state index >= 15 is 0 Å². The van der Waals surface area contributed by atoms with Gasteiger partial charge in [-0.25, -0.2) is 4.98 Å². The first-order valence-corrected chi connectivity index (χ1v) is 10.4. The maximum Gasteiger partial charge on any atom is 0.191 e. The van der Waals surface area contributed by atoms with Gasteiger partial charge in [0.1, 0.15) is 5.01 Å². The van der Waals surface area contributed by atoms with Crippen molar-refractivity contribution in [2.45, 2.75) is 70.2 Å². The Bertz CT molecular complexity index is 525. The van der Waals surface area contributed by atoms with Crippen LogP contribution in [0.3, 0.4) is 0 Å². The number of thiazole rings is 1. The molecule has 0 saturated heterocycles. The smallest absolute Gasteiger partial charge is 0.191 e. The van der Waals surface area contributed by atoms with Crippen LogP contribution in [-0.4, -0.2) is 35.0 Å². The maximum absolute atomic E-state index is 4.73. The summed E-state index contributed by atoms with van der Waals surface area (Å²) in [5, 5.41) is 11.1. The molecule has 1 aliphatic rings. The topological polar surface area (TPSA) is 49.3 Å². The number of nitrogens with zero attached hydrogens (tertiary/aromatic N) is 2. The molecule has 2 rings (SSSR count). The van der Waals surface area contributed by atoms with Crippen molar-refractivity contribution >= 4 is 53.0 Å². The van der Waals surface area contributed by atoms with Crippen molar-refractivity contribution in [3.8, 4) is 0 Å². The lowest BCUT2D eigenvalue weighted by molar-refractivity contribution is 0.570. The first-order chi connectivity index (χ1) is 10.9. The average Bonchev–Trinajstić information content (AvgIpc) is 3.12. The number of rotatable bonds is 5. The number of guanidine groups is 1. The van der Waals surface area contributed by atoms with Crippen LogP contribution < -0.4 is 10.6 Å². The summed E-state index contributed by atoms with van der Waals surface area (Å²) in [5.74, 6) is 2.11. The Balaban J connectivity index is 0.00000288. The molecule has 0 radical (unpaired) electrons. The molecule has 1 fully saturated rings. The molecule has 1 heterocycles. The first-order valence-electron chi connectivity index (χ1n) is 8.46. The lowest BCUT2D eigenvalue weighted by Gasteiger charge is -2.17. The van der Waals surface area contributed by atoms with E-state index in [9.17, 15) is 0 Å². The zero-order valence-electron chi connectivity index (χ0n) is 15.4. The normalized spacial score (nSPS) is 21.5. The van der Waals surface area contributed by atoms with Crippen LogP contribution in [0, 0.1) is 0 Å². The molecule has 2 N–H and O–H groups in total. The van der Waals surface area contributed by atoms with Crippen LogP contribution in [0.5, 0.6) is 0 Å². The lowest BCUT2D eigenvalue weighted by atomic mass is 9.93. The Labute approximate surface area is 172 Å². The van der Waals surface area contributed by atoms with Crippen molar-refractivity contribution in [3.63, 3.8) is 0 Å². The summed E-state index contributed by atoms with van der Waals surface area (Å²) in [6, 6.07) is 0.548. The third-order valence-corrected chi connectivity index (χ3v) is 6.16. The summed E-state index contributed by atoms with van der Waals surface area (Å²) in [4.78, 5) is 9.08. The molecule has 4 nitrogen and oxygen atoms in total. The van der Waals surface area contributed by atoms with E-state index in [-0.39, 0.29) is 29.4 Å². The predicted octanol–water partition coefficient (Wildman–Crippen LogP) is 4.40. The Morgan fingerprint density at radius 2 is 2.17 bits per heavy atom. The molecular weight excluding hydrogens is 451 g/mol. The van der Waals surface area contributed by atoms with E-state index in [0.29, 0.717) is 6.04 Å². The molecule has 2 unspecified atom stereocenters. The van der Waals surface area contributed by atoms with Crippen molar-refractivity contribution < 1.29 is 0 Å². The van der Waals surface area contributed by atoms with Crippen LogP contribution in [0.25, 0.3) is 0 Å². The molecule has 0 amide bonds. The van der Waals surface area contributed by atoms with Crippen molar-refractivity contribution in [2.75, 3.05) is 12.8 Å². The van der Waals surface area contributed by atoms with E-state index in [0.717, 1.165) is 28.5 Å². The van der Waals surface area contributed by atoms with Gasteiger partial charge in [-0.05, 0) is 25.0 Å². The highest BCUT2D eigenvalue weighted by atomic mass is 127. The minimum atomic E-state index is 0. The summed E-state index contributed by atoms with van der Waals surface area (Å²) in [7, 11) is 1.84. The molecular formula is C17H31IN4S2. The van der Waals surface area contributed by atoms with Gasteiger partial charge in [-0.15, -0.1) is 35.3 Å². The highest BCUT2D eigenvalue weighted by molar-refractivity contribution is 14.0. The number of hydrogen-bond donors (Lipinski definition) is 2. The Morgan fingerprint density at radius 3 is 2.75 bits per heavy atom. The molecule has 24 heavy (non-hydrogen) atoms. The quantitative estimate of drug-likeness (QED) is 0.371. The second kappa shape index (κ2) is 10.2. The molecule has 0 bridgehead atoms. The molecule has 1 aromatic rings. The maximum atomic E-state index is 4.73. The zero-order chi connectivity index (χ0) is 16.9. The SMILES string of the molecule is CCSC1CCC(NC(=NC)NCc2nc(C(C)(C)C)cs2)C1.I.